The van der Waals surface area contributed by atoms with Crippen molar-refractivity contribution in [3.05, 3.63) is 53.7 Å². The molecule has 1 aliphatic rings. The summed E-state index contributed by atoms with van der Waals surface area (Å²) in [5.41, 5.74) is 0.760. The summed E-state index contributed by atoms with van der Waals surface area (Å²) in [6.45, 7) is 5.37. The second-order valence-corrected chi connectivity index (χ2v) is 11.0. The molecule has 1 amide bonds. The van der Waals surface area contributed by atoms with Crippen LogP contribution in [0.2, 0.25) is 0 Å². The van der Waals surface area contributed by atoms with Crippen LogP contribution in [0.5, 0.6) is 17.4 Å². The molecule has 1 fully saturated rings. The predicted octanol–water partition coefficient (Wildman–Crippen LogP) is 4.50. The van der Waals surface area contributed by atoms with E-state index in [9.17, 15) is 23.1 Å². The number of aromatic nitrogens is 2. The summed E-state index contributed by atoms with van der Waals surface area (Å²) in [5, 5.41) is 16.7. The van der Waals surface area contributed by atoms with Crippen molar-refractivity contribution in [1.82, 2.24) is 14.5 Å². The molecule has 39 heavy (non-hydrogen) atoms. The van der Waals surface area contributed by atoms with Gasteiger partial charge in [0.05, 0.1) is 12.8 Å². The van der Waals surface area contributed by atoms with Crippen LogP contribution in [0.15, 0.2) is 47.4 Å². The number of nitrogens with zero attached hydrogens (tertiary/aromatic N) is 2. The van der Waals surface area contributed by atoms with E-state index in [1.54, 1.807) is 30.3 Å². The van der Waals surface area contributed by atoms with E-state index in [4.69, 9.17) is 9.47 Å². The van der Waals surface area contributed by atoms with Crippen molar-refractivity contribution in [1.29, 1.82) is 0 Å². The highest BCUT2D eigenvalue weighted by Crippen LogP contribution is 2.36. The van der Waals surface area contributed by atoms with Gasteiger partial charge in [-0.1, -0.05) is 13.8 Å². The molecular weight excluding hydrogens is 524 g/mol. The molecule has 1 aromatic heterocycles. The van der Waals surface area contributed by atoms with Crippen LogP contribution in [-0.2, 0) is 14.8 Å². The van der Waals surface area contributed by atoms with Crippen molar-refractivity contribution in [3.8, 4) is 23.1 Å². The monoisotopic (exact) mass is 556 g/mol. The molecule has 4 rings (SSSR count). The summed E-state index contributed by atoms with van der Waals surface area (Å²) in [6.07, 6.45) is 2.76. The van der Waals surface area contributed by atoms with Gasteiger partial charge in [-0.05, 0) is 75.1 Å². The number of carbonyl (C=O) groups is 2. The van der Waals surface area contributed by atoms with Crippen LogP contribution in [0, 0.1) is 12.8 Å². The van der Waals surface area contributed by atoms with Gasteiger partial charge in [0.15, 0.2) is 5.69 Å². The molecule has 0 aliphatic heterocycles. The van der Waals surface area contributed by atoms with Gasteiger partial charge in [0, 0.05) is 23.2 Å². The molecule has 1 saturated carbocycles. The number of aromatic carboxylic acids is 1. The summed E-state index contributed by atoms with van der Waals surface area (Å²) in [5.74, 6) is -1.08. The summed E-state index contributed by atoms with van der Waals surface area (Å²) < 4.78 is 42.0. The first kappa shape index (κ1) is 28.1. The predicted molar refractivity (Wildman–Crippen MR) is 144 cm³/mol. The first-order valence-corrected chi connectivity index (χ1v) is 14.2. The second-order valence-electron chi connectivity index (χ2n) is 9.36. The van der Waals surface area contributed by atoms with E-state index in [-0.39, 0.29) is 45.6 Å². The fraction of sp³-hybridized carbons (Fsp3) is 0.370. The van der Waals surface area contributed by atoms with E-state index in [1.807, 2.05) is 13.8 Å². The molecule has 0 bridgehead atoms. The molecule has 11 nitrogen and oxygen atoms in total. The van der Waals surface area contributed by atoms with Gasteiger partial charge in [-0.3, -0.25) is 4.79 Å². The zero-order valence-corrected chi connectivity index (χ0v) is 23.0. The number of sulfonamides is 1. The lowest BCUT2D eigenvalue weighted by molar-refractivity contribution is -0.120. The van der Waals surface area contributed by atoms with Gasteiger partial charge in [0.1, 0.15) is 16.4 Å². The molecule has 0 saturated heterocycles. The zero-order chi connectivity index (χ0) is 28.3. The van der Waals surface area contributed by atoms with Crippen molar-refractivity contribution in [3.63, 3.8) is 0 Å². The minimum absolute atomic E-state index is 0.0363. The molecule has 208 valence electrons. The lowest BCUT2D eigenvalue weighted by Crippen LogP contribution is -2.26. The van der Waals surface area contributed by atoms with Crippen LogP contribution in [-0.4, -0.2) is 48.3 Å². The van der Waals surface area contributed by atoms with E-state index in [2.05, 4.69) is 15.1 Å². The molecule has 1 heterocycles. The Kier molecular flexibility index (Phi) is 8.26. The molecule has 1 aliphatic carbocycles. The summed E-state index contributed by atoms with van der Waals surface area (Å²) in [7, 11) is -2.51. The number of amides is 1. The maximum Gasteiger partial charge on any atom is 0.356 e. The summed E-state index contributed by atoms with van der Waals surface area (Å²) in [4.78, 5) is 24.4. The second kappa shape index (κ2) is 11.5. The number of benzene rings is 2. The summed E-state index contributed by atoms with van der Waals surface area (Å²) >= 11 is 0. The van der Waals surface area contributed by atoms with Crippen LogP contribution in [0.25, 0.3) is 5.69 Å². The van der Waals surface area contributed by atoms with E-state index >= 15 is 0 Å². The molecule has 2 aromatic carbocycles. The highest BCUT2D eigenvalue weighted by molar-refractivity contribution is 7.89. The van der Waals surface area contributed by atoms with Crippen LogP contribution in [0.4, 0.5) is 5.69 Å². The fourth-order valence-corrected chi connectivity index (χ4v) is 5.53. The van der Waals surface area contributed by atoms with E-state index in [0.717, 1.165) is 12.8 Å². The Balaban J connectivity index is 1.79. The number of rotatable bonds is 12. The van der Waals surface area contributed by atoms with Crippen molar-refractivity contribution in [2.75, 3.05) is 12.4 Å². The number of anilines is 1. The van der Waals surface area contributed by atoms with Crippen LogP contribution < -0.4 is 19.5 Å². The third kappa shape index (κ3) is 6.23. The SMILES string of the molecule is CCC(CC)C(=O)Nc1ccc(Oc2c(C)c(C(=O)O)nn2-c2ccc(OC)cc2)c(S(=O)(=O)NC2CC2)c1. The van der Waals surface area contributed by atoms with Gasteiger partial charge in [-0.15, -0.1) is 0 Å². The Hall–Kier alpha value is -3.90. The Morgan fingerprint density at radius 2 is 1.79 bits per heavy atom. The molecule has 0 spiro atoms. The van der Waals surface area contributed by atoms with Crippen molar-refractivity contribution < 1.29 is 32.6 Å². The van der Waals surface area contributed by atoms with Gasteiger partial charge >= 0.3 is 5.97 Å². The zero-order valence-electron chi connectivity index (χ0n) is 22.2. The standard InChI is InChI=1S/C27H32N4O7S/c1-5-17(6-2)25(32)28-19-9-14-22(23(15-19)39(35,36)30-18-7-8-18)38-26-16(3)24(27(33)34)29-31(26)20-10-12-21(37-4)13-11-20/h9-15,17-18,30H,5-8H2,1-4H3,(H,28,32)(H,33,34). The first-order valence-electron chi connectivity index (χ1n) is 12.7. The number of hydrogen-bond acceptors (Lipinski definition) is 7. The van der Waals surface area contributed by atoms with E-state index in [1.165, 1.54) is 30.8 Å². The average molecular weight is 557 g/mol. The number of hydrogen-bond donors (Lipinski definition) is 3. The Labute approximate surface area is 227 Å². The number of ether oxygens (including phenoxy) is 2. The maximum absolute atomic E-state index is 13.4. The third-order valence-corrected chi connectivity index (χ3v) is 8.09. The number of carbonyl (C=O) groups excluding carboxylic acids is 1. The van der Waals surface area contributed by atoms with E-state index in [0.29, 0.717) is 30.0 Å². The topological polar surface area (TPSA) is 149 Å². The Morgan fingerprint density at radius 3 is 2.36 bits per heavy atom. The third-order valence-electron chi connectivity index (χ3n) is 6.55. The highest BCUT2D eigenvalue weighted by Gasteiger charge is 2.31. The van der Waals surface area contributed by atoms with Crippen LogP contribution in [0.3, 0.4) is 0 Å². The first-order chi connectivity index (χ1) is 18.6. The lowest BCUT2D eigenvalue weighted by Gasteiger charge is -2.17. The minimum atomic E-state index is -4.04. The smallest absolute Gasteiger partial charge is 0.356 e. The molecule has 0 radical (unpaired) electrons. The van der Waals surface area contributed by atoms with Gasteiger partial charge < -0.3 is 19.9 Å². The average Bonchev–Trinajstić information content (AvgIpc) is 3.66. The normalized spacial score (nSPS) is 13.4. The number of nitrogens with one attached hydrogen (secondary N) is 2. The van der Waals surface area contributed by atoms with Gasteiger partial charge in [-0.2, -0.15) is 9.78 Å². The highest BCUT2D eigenvalue weighted by atomic mass is 32.2. The fourth-order valence-electron chi connectivity index (χ4n) is 4.07. The van der Waals surface area contributed by atoms with Crippen molar-refractivity contribution in [2.45, 2.75) is 57.4 Å². The van der Waals surface area contributed by atoms with Gasteiger partial charge in [0.25, 0.3) is 0 Å². The van der Waals surface area contributed by atoms with E-state index < -0.39 is 16.0 Å². The number of carboxylic acid groups (broad SMARTS) is 1. The van der Waals surface area contributed by atoms with Gasteiger partial charge in [-0.25, -0.2) is 17.9 Å². The molecular formula is C27H32N4O7S. The largest absolute Gasteiger partial charge is 0.497 e. The Bertz CT molecular complexity index is 1470. The maximum atomic E-state index is 13.4. The van der Waals surface area contributed by atoms with Crippen molar-refractivity contribution >= 4 is 27.6 Å². The molecule has 3 N–H and O–H groups in total. The minimum Gasteiger partial charge on any atom is -0.497 e. The molecule has 0 unspecified atom stereocenters. The molecule has 12 heteroatoms. The molecule has 0 atom stereocenters. The van der Waals surface area contributed by atoms with Gasteiger partial charge in [0.2, 0.25) is 21.8 Å². The lowest BCUT2D eigenvalue weighted by atomic mass is 10.0. The Morgan fingerprint density at radius 1 is 1.13 bits per heavy atom. The quantitative estimate of drug-likeness (QED) is 0.295. The van der Waals surface area contributed by atoms with Crippen molar-refractivity contribution in [2.24, 2.45) is 5.92 Å². The molecule has 3 aromatic rings. The summed E-state index contributed by atoms with van der Waals surface area (Å²) in [6, 6.07) is 10.9. The van der Waals surface area contributed by atoms with Crippen LogP contribution >= 0.6 is 0 Å². The number of methoxy groups -OCH3 is 1. The number of carboxylic acids is 1. The van der Waals surface area contributed by atoms with Crippen LogP contribution in [0.1, 0.15) is 55.6 Å².